The van der Waals surface area contributed by atoms with Crippen molar-refractivity contribution in [2.45, 2.75) is 6.92 Å². The highest BCUT2D eigenvalue weighted by Crippen LogP contribution is 2.23. The zero-order valence-electron chi connectivity index (χ0n) is 9.51. The Balaban J connectivity index is 2.48. The first kappa shape index (κ1) is 13.8. The second kappa shape index (κ2) is 5.59. The van der Waals surface area contributed by atoms with Crippen molar-refractivity contribution >= 4 is 51.6 Å². The third kappa shape index (κ3) is 2.87. The number of benzene rings is 2. The molecule has 0 amide bonds. The molecule has 4 heteroatoms. The van der Waals surface area contributed by atoms with Crippen LogP contribution in [0.1, 0.15) is 21.5 Å². The van der Waals surface area contributed by atoms with E-state index < -0.39 is 0 Å². The molecule has 0 aliphatic rings. The molecule has 0 unspecified atom stereocenters. The standard InChI is InChI=1S/C14H9Cl2IO/c1-8-6-9(15)2-4-11(8)14(18)12-5-3-10(16)7-13(12)17/h2-7H,1H3. The quantitative estimate of drug-likeness (QED) is 0.512. The van der Waals surface area contributed by atoms with Gasteiger partial charge in [0.1, 0.15) is 0 Å². The summed E-state index contributed by atoms with van der Waals surface area (Å²) in [7, 11) is 0. The van der Waals surface area contributed by atoms with Crippen molar-refractivity contribution in [2.24, 2.45) is 0 Å². The lowest BCUT2D eigenvalue weighted by molar-refractivity contribution is 0.103. The molecule has 0 N–H and O–H groups in total. The van der Waals surface area contributed by atoms with Crippen LogP contribution in [-0.4, -0.2) is 5.78 Å². The first-order valence-electron chi connectivity index (χ1n) is 5.25. The van der Waals surface area contributed by atoms with E-state index in [1.165, 1.54) is 0 Å². The van der Waals surface area contributed by atoms with E-state index in [1.54, 1.807) is 36.4 Å². The number of rotatable bonds is 2. The van der Waals surface area contributed by atoms with Gasteiger partial charge in [-0.15, -0.1) is 0 Å². The Hall–Kier alpha value is -0.580. The zero-order chi connectivity index (χ0) is 13.3. The van der Waals surface area contributed by atoms with E-state index in [1.807, 2.05) is 6.92 Å². The number of hydrogen-bond donors (Lipinski definition) is 0. The number of carbonyl (C=O) groups excluding carboxylic acids is 1. The predicted octanol–water partition coefficient (Wildman–Crippen LogP) is 5.14. The molecule has 0 aliphatic heterocycles. The van der Waals surface area contributed by atoms with Crippen molar-refractivity contribution in [2.75, 3.05) is 0 Å². The number of hydrogen-bond acceptors (Lipinski definition) is 1. The highest BCUT2D eigenvalue weighted by atomic mass is 127. The maximum atomic E-state index is 12.4. The van der Waals surface area contributed by atoms with Crippen LogP contribution < -0.4 is 0 Å². The summed E-state index contributed by atoms with van der Waals surface area (Å²) in [5.74, 6) is -0.00904. The van der Waals surface area contributed by atoms with Gasteiger partial charge < -0.3 is 0 Å². The van der Waals surface area contributed by atoms with Crippen LogP contribution in [0.3, 0.4) is 0 Å². The smallest absolute Gasteiger partial charge is 0.194 e. The fourth-order valence-electron chi connectivity index (χ4n) is 1.70. The summed E-state index contributed by atoms with van der Waals surface area (Å²) in [6.45, 7) is 1.88. The van der Waals surface area contributed by atoms with Crippen LogP contribution in [0.4, 0.5) is 0 Å². The molecule has 0 saturated heterocycles. The van der Waals surface area contributed by atoms with Gasteiger partial charge in [0.15, 0.2) is 5.78 Å². The third-order valence-corrected chi connectivity index (χ3v) is 3.97. The van der Waals surface area contributed by atoms with Gasteiger partial charge in [0.05, 0.1) is 0 Å². The number of aryl methyl sites for hydroxylation is 1. The van der Waals surface area contributed by atoms with E-state index in [4.69, 9.17) is 23.2 Å². The van der Waals surface area contributed by atoms with E-state index in [2.05, 4.69) is 22.6 Å². The average molecular weight is 391 g/mol. The van der Waals surface area contributed by atoms with Crippen LogP contribution in [0.15, 0.2) is 36.4 Å². The van der Waals surface area contributed by atoms with Gasteiger partial charge >= 0.3 is 0 Å². The van der Waals surface area contributed by atoms with E-state index in [-0.39, 0.29) is 5.78 Å². The fourth-order valence-corrected chi connectivity index (χ4v) is 3.04. The average Bonchev–Trinajstić information content (AvgIpc) is 2.28. The van der Waals surface area contributed by atoms with Crippen LogP contribution in [-0.2, 0) is 0 Å². The van der Waals surface area contributed by atoms with Gasteiger partial charge in [0.2, 0.25) is 0 Å². The molecule has 0 aliphatic carbocycles. The number of halogens is 3. The topological polar surface area (TPSA) is 17.1 Å². The molecule has 0 radical (unpaired) electrons. The van der Waals surface area contributed by atoms with Gasteiger partial charge in [0, 0.05) is 24.7 Å². The molecule has 18 heavy (non-hydrogen) atoms. The number of ketones is 1. The molecule has 2 aromatic carbocycles. The Morgan fingerprint density at radius 1 is 1.00 bits per heavy atom. The van der Waals surface area contributed by atoms with Crippen LogP contribution in [0.25, 0.3) is 0 Å². The van der Waals surface area contributed by atoms with Crippen LogP contribution in [0.5, 0.6) is 0 Å². The van der Waals surface area contributed by atoms with Gasteiger partial charge in [0.25, 0.3) is 0 Å². The van der Waals surface area contributed by atoms with Gasteiger partial charge in [-0.05, 0) is 71.5 Å². The minimum atomic E-state index is -0.00904. The normalized spacial score (nSPS) is 10.4. The molecule has 0 saturated carbocycles. The van der Waals surface area contributed by atoms with Gasteiger partial charge in [-0.25, -0.2) is 0 Å². The maximum absolute atomic E-state index is 12.4. The van der Waals surface area contributed by atoms with Crippen molar-refractivity contribution < 1.29 is 4.79 Å². The second-order valence-corrected chi connectivity index (χ2v) is 5.95. The van der Waals surface area contributed by atoms with E-state index >= 15 is 0 Å². The Labute approximate surface area is 129 Å². The first-order valence-corrected chi connectivity index (χ1v) is 7.08. The molecule has 2 rings (SSSR count). The summed E-state index contributed by atoms with van der Waals surface area (Å²) in [5.41, 5.74) is 2.20. The molecule has 0 bridgehead atoms. The number of carbonyl (C=O) groups is 1. The molecule has 0 atom stereocenters. The molecule has 1 nitrogen and oxygen atoms in total. The Morgan fingerprint density at radius 3 is 2.11 bits per heavy atom. The van der Waals surface area contributed by atoms with Gasteiger partial charge in [-0.3, -0.25) is 4.79 Å². The van der Waals surface area contributed by atoms with E-state index in [0.717, 1.165) is 9.13 Å². The highest BCUT2D eigenvalue weighted by Gasteiger charge is 2.14. The SMILES string of the molecule is Cc1cc(Cl)ccc1C(=O)c1ccc(Cl)cc1I. The fraction of sp³-hybridized carbons (Fsp3) is 0.0714. The monoisotopic (exact) mass is 390 g/mol. The summed E-state index contributed by atoms with van der Waals surface area (Å²) in [5, 5.41) is 1.26. The minimum Gasteiger partial charge on any atom is -0.289 e. The molecule has 2 aromatic rings. The van der Waals surface area contributed by atoms with Crippen molar-refractivity contribution in [3.63, 3.8) is 0 Å². The summed E-state index contributed by atoms with van der Waals surface area (Å²) >= 11 is 13.9. The molecule has 0 fully saturated rings. The van der Waals surface area contributed by atoms with E-state index in [0.29, 0.717) is 21.2 Å². The van der Waals surface area contributed by atoms with Gasteiger partial charge in [-0.1, -0.05) is 23.2 Å². The minimum absolute atomic E-state index is 0.00904. The van der Waals surface area contributed by atoms with Crippen molar-refractivity contribution in [3.8, 4) is 0 Å². The Bertz CT molecular complexity index is 570. The lowest BCUT2D eigenvalue weighted by Gasteiger charge is -2.07. The predicted molar refractivity (Wildman–Crippen MR) is 83.8 cm³/mol. The summed E-state index contributed by atoms with van der Waals surface area (Å²) in [6, 6.07) is 10.5. The summed E-state index contributed by atoms with van der Waals surface area (Å²) < 4.78 is 0.847. The maximum Gasteiger partial charge on any atom is 0.194 e. The highest BCUT2D eigenvalue weighted by molar-refractivity contribution is 14.1. The third-order valence-electron chi connectivity index (χ3n) is 2.61. The Kier molecular flexibility index (Phi) is 4.30. The lowest BCUT2D eigenvalue weighted by Crippen LogP contribution is -2.05. The summed E-state index contributed by atoms with van der Waals surface area (Å²) in [6.07, 6.45) is 0. The van der Waals surface area contributed by atoms with E-state index in [9.17, 15) is 4.79 Å². The van der Waals surface area contributed by atoms with Crippen molar-refractivity contribution in [1.82, 2.24) is 0 Å². The van der Waals surface area contributed by atoms with Crippen LogP contribution >= 0.6 is 45.8 Å². The molecular formula is C14H9Cl2IO. The van der Waals surface area contributed by atoms with Crippen LogP contribution in [0.2, 0.25) is 10.0 Å². The molecular weight excluding hydrogens is 382 g/mol. The molecule has 0 aromatic heterocycles. The van der Waals surface area contributed by atoms with Crippen molar-refractivity contribution in [1.29, 1.82) is 0 Å². The first-order chi connectivity index (χ1) is 8.49. The molecule has 92 valence electrons. The molecule has 0 heterocycles. The zero-order valence-corrected chi connectivity index (χ0v) is 13.2. The lowest BCUT2D eigenvalue weighted by atomic mass is 9.99. The summed E-state index contributed by atoms with van der Waals surface area (Å²) in [4.78, 5) is 12.4. The molecule has 0 spiro atoms. The second-order valence-electron chi connectivity index (χ2n) is 3.91. The largest absolute Gasteiger partial charge is 0.289 e. The van der Waals surface area contributed by atoms with Crippen molar-refractivity contribution in [3.05, 3.63) is 66.7 Å². The van der Waals surface area contributed by atoms with Crippen LogP contribution in [0, 0.1) is 10.5 Å². The Morgan fingerprint density at radius 2 is 1.56 bits per heavy atom. The van der Waals surface area contributed by atoms with Gasteiger partial charge in [-0.2, -0.15) is 0 Å².